The van der Waals surface area contributed by atoms with Crippen LogP contribution in [0.5, 0.6) is 0 Å². The van der Waals surface area contributed by atoms with Crippen LogP contribution in [-0.4, -0.2) is 31.7 Å². The Balaban J connectivity index is 1.22. The molecule has 0 atom stereocenters. The Hall–Kier alpha value is -1.22. The van der Waals surface area contributed by atoms with E-state index >= 15 is 0 Å². The van der Waals surface area contributed by atoms with Gasteiger partial charge in [-0.2, -0.15) is 0 Å². The lowest BCUT2D eigenvalue weighted by molar-refractivity contribution is -0.160. The molecule has 1 N–H and O–H groups in total. The maximum Gasteiger partial charge on any atom is 0.307 e. The summed E-state index contributed by atoms with van der Waals surface area (Å²) in [7, 11) is -1.93. The summed E-state index contributed by atoms with van der Waals surface area (Å²) in [6.07, 6.45) is 7.54. The monoisotopic (exact) mass is 422 g/mol. The van der Waals surface area contributed by atoms with Gasteiger partial charge in [0.05, 0.1) is 27.3 Å². The van der Waals surface area contributed by atoms with Gasteiger partial charge >= 0.3 is 4.87 Å². The lowest BCUT2D eigenvalue weighted by Crippen LogP contribution is -2.52. The SMILES string of the molecule is Cn1c(=O)sc2cc(S(=O)(=O)NCCOC34CC5CC(CC(C5)C3)C4)ccc21. The highest BCUT2D eigenvalue weighted by atomic mass is 32.2. The number of hydrogen-bond acceptors (Lipinski definition) is 5. The summed E-state index contributed by atoms with van der Waals surface area (Å²) in [4.78, 5) is 11.9. The Labute approximate surface area is 168 Å². The number of aryl methyl sites for hydroxylation is 1. The van der Waals surface area contributed by atoms with Gasteiger partial charge in [-0.1, -0.05) is 11.3 Å². The first-order valence-corrected chi connectivity index (χ1v) is 12.4. The number of fused-ring (bicyclic) bond motifs is 1. The third-order valence-electron chi connectivity index (χ3n) is 6.86. The van der Waals surface area contributed by atoms with Crippen LogP contribution < -0.4 is 9.60 Å². The quantitative estimate of drug-likeness (QED) is 0.726. The molecule has 4 aliphatic carbocycles. The van der Waals surface area contributed by atoms with Crippen LogP contribution in [0.3, 0.4) is 0 Å². The van der Waals surface area contributed by atoms with Crippen molar-refractivity contribution >= 4 is 31.6 Å². The van der Waals surface area contributed by atoms with Gasteiger partial charge in [0, 0.05) is 13.6 Å². The zero-order valence-electron chi connectivity index (χ0n) is 16.0. The molecule has 1 aromatic carbocycles. The van der Waals surface area contributed by atoms with Crippen LogP contribution in [0.2, 0.25) is 0 Å². The van der Waals surface area contributed by atoms with E-state index in [4.69, 9.17) is 4.74 Å². The molecule has 1 heterocycles. The van der Waals surface area contributed by atoms with Crippen molar-refractivity contribution in [1.29, 1.82) is 0 Å². The summed E-state index contributed by atoms with van der Waals surface area (Å²) in [5, 5.41) is 0. The molecule has 8 heteroatoms. The minimum atomic E-state index is -3.62. The smallest absolute Gasteiger partial charge is 0.307 e. The second-order valence-electron chi connectivity index (χ2n) is 8.90. The summed E-state index contributed by atoms with van der Waals surface area (Å²) >= 11 is 1.06. The van der Waals surface area contributed by atoms with Crippen molar-refractivity contribution < 1.29 is 13.2 Å². The molecule has 152 valence electrons. The number of thiazole rings is 1. The van der Waals surface area contributed by atoms with Gasteiger partial charge in [-0.05, 0) is 74.5 Å². The van der Waals surface area contributed by atoms with Crippen molar-refractivity contribution in [3.63, 3.8) is 0 Å². The summed E-state index contributed by atoms with van der Waals surface area (Å²) in [6.45, 7) is 0.680. The van der Waals surface area contributed by atoms with E-state index in [2.05, 4.69) is 4.72 Å². The summed E-state index contributed by atoms with van der Waals surface area (Å²) in [5.41, 5.74) is 0.745. The van der Waals surface area contributed by atoms with E-state index in [1.54, 1.807) is 25.2 Å². The fourth-order valence-corrected chi connectivity index (χ4v) is 8.05. The van der Waals surface area contributed by atoms with Gasteiger partial charge in [-0.15, -0.1) is 0 Å². The maximum atomic E-state index is 12.6. The lowest BCUT2D eigenvalue weighted by atomic mass is 9.54. The number of sulfonamides is 1. The molecular weight excluding hydrogens is 396 g/mol. The van der Waals surface area contributed by atoms with Crippen LogP contribution in [0.25, 0.3) is 10.2 Å². The van der Waals surface area contributed by atoms with E-state index in [1.807, 2.05) is 0 Å². The molecular formula is C20H26N2O4S2. The van der Waals surface area contributed by atoms with Gasteiger partial charge in [-0.25, -0.2) is 13.1 Å². The van der Waals surface area contributed by atoms with Crippen molar-refractivity contribution in [2.45, 2.75) is 49.0 Å². The van der Waals surface area contributed by atoms with E-state index in [-0.39, 0.29) is 21.9 Å². The molecule has 0 saturated heterocycles. The summed E-state index contributed by atoms with van der Waals surface area (Å²) in [6, 6.07) is 4.81. The van der Waals surface area contributed by atoms with Gasteiger partial charge in [0.2, 0.25) is 10.0 Å². The van der Waals surface area contributed by atoms with Gasteiger partial charge in [0.15, 0.2) is 0 Å². The van der Waals surface area contributed by atoms with Crippen molar-refractivity contribution in [3.8, 4) is 0 Å². The van der Waals surface area contributed by atoms with Crippen LogP contribution in [0, 0.1) is 17.8 Å². The lowest BCUT2D eigenvalue weighted by Gasteiger charge is -2.56. The molecule has 0 aliphatic heterocycles. The predicted octanol–water partition coefficient (Wildman–Crippen LogP) is 2.86. The Bertz CT molecular complexity index is 1030. The molecule has 0 radical (unpaired) electrons. The summed E-state index contributed by atoms with van der Waals surface area (Å²) < 4.78 is 36.5. The fourth-order valence-electron chi connectivity index (χ4n) is 6.02. The normalized spacial score (nSPS) is 31.7. The average molecular weight is 423 g/mol. The number of benzene rings is 1. The highest BCUT2D eigenvalue weighted by molar-refractivity contribution is 7.89. The first-order valence-electron chi connectivity index (χ1n) is 10.1. The number of aromatic nitrogens is 1. The van der Waals surface area contributed by atoms with E-state index in [0.717, 1.165) is 53.9 Å². The molecule has 0 amide bonds. The number of hydrogen-bond donors (Lipinski definition) is 1. The molecule has 2 aromatic rings. The zero-order valence-corrected chi connectivity index (χ0v) is 17.7. The Morgan fingerprint density at radius 1 is 1.18 bits per heavy atom. The van der Waals surface area contributed by atoms with Crippen LogP contribution in [0.4, 0.5) is 0 Å². The second kappa shape index (κ2) is 6.65. The molecule has 4 saturated carbocycles. The third-order valence-corrected chi connectivity index (χ3v) is 9.31. The van der Waals surface area contributed by atoms with E-state index in [9.17, 15) is 13.2 Å². The summed E-state index contributed by atoms with van der Waals surface area (Å²) in [5.74, 6) is 2.44. The Kier molecular flexibility index (Phi) is 4.46. The third kappa shape index (κ3) is 3.24. The van der Waals surface area contributed by atoms with E-state index < -0.39 is 10.0 Å². The molecule has 0 unspecified atom stereocenters. The number of nitrogens with one attached hydrogen (secondary N) is 1. The number of nitrogens with zero attached hydrogens (tertiary/aromatic N) is 1. The van der Waals surface area contributed by atoms with Crippen LogP contribution in [0.15, 0.2) is 27.9 Å². The molecule has 4 aliphatic rings. The minimum Gasteiger partial charge on any atom is -0.374 e. The molecule has 4 fully saturated rings. The topological polar surface area (TPSA) is 77.4 Å². The van der Waals surface area contributed by atoms with Crippen molar-refractivity contribution in [3.05, 3.63) is 27.9 Å². The van der Waals surface area contributed by atoms with Gasteiger partial charge < -0.3 is 9.30 Å². The predicted molar refractivity (Wildman–Crippen MR) is 109 cm³/mol. The highest BCUT2D eigenvalue weighted by Gasteiger charge is 2.51. The first-order chi connectivity index (χ1) is 13.3. The fraction of sp³-hybridized carbons (Fsp3) is 0.650. The van der Waals surface area contributed by atoms with E-state index in [0.29, 0.717) is 11.3 Å². The average Bonchev–Trinajstić information content (AvgIpc) is 2.91. The Morgan fingerprint density at radius 3 is 2.46 bits per heavy atom. The van der Waals surface area contributed by atoms with Crippen molar-refractivity contribution in [2.24, 2.45) is 24.8 Å². The van der Waals surface area contributed by atoms with Gasteiger partial charge in [-0.3, -0.25) is 4.79 Å². The molecule has 1 aromatic heterocycles. The Morgan fingerprint density at radius 2 is 1.82 bits per heavy atom. The van der Waals surface area contributed by atoms with Crippen LogP contribution in [0.1, 0.15) is 38.5 Å². The molecule has 4 bridgehead atoms. The van der Waals surface area contributed by atoms with Gasteiger partial charge in [0.1, 0.15) is 0 Å². The molecule has 0 spiro atoms. The molecule has 28 heavy (non-hydrogen) atoms. The maximum absolute atomic E-state index is 12.6. The standard InChI is InChI=1S/C20H26N2O4S2/c1-22-17-3-2-16(9-18(17)27-19(22)23)28(24,25)21-4-5-26-20-10-13-6-14(11-20)8-15(7-13)12-20/h2-3,9,13-15,21H,4-8,10-12H2,1H3. The van der Waals surface area contributed by atoms with Crippen molar-refractivity contribution in [1.82, 2.24) is 9.29 Å². The minimum absolute atomic E-state index is 0.00462. The molecule has 6 nitrogen and oxygen atoms in total. The zero-order chi connectivity index (χ0) is 19.5. The molecule has 6 rings (SSSR count). The first kappa shape index (κ1) is 18.8. The second-order valence-corrected chi connectivity index (χ2v) is 11.7. The van der Waals surface area contributed by atoms with Crippen LogP contribution >= 0.6 is 11.3 Å². The largest absolute Gasteiger partial charge is 0.374 e. The van der Waals surface area contributed by atoms with Crippen molar-refractivity contribution in [2.75, 3.05) is 13.2 Å². The number of ether oxygens (including phenoxy) is 1. The van der Waals surface area contributed by atoms with Gasteiger partial charge in [0.25, 0.3) is 0 Å². The highest BCUT2D eigenvalue weighted by Crippen LogP contribution is 2.57. The van der Waals surface area contributed by atoms with Crippen LogP contribution in [-0.2, 0) is 21.8 Å². The van der Waals surface area contributed by atoms with E-state index in [1.165, 1.54) is 23.8 Å². The number of rotatable bonds is 6.